The molecule has 3 aromatic rings. The largest absolute Gasteiger partial charge is 0.462 e. The van der Waals surface area contributed by atoms with Crippen LogP contribution >= 0.6 is 0 Å². The average Bonchev–Trinajstić information content (AvgIpc) is 2.62. The number of aryl methyl sites for hydroxylation is 3. The molecule has 0 aliphatic carbocycles. The topological polar surface area (TPSA) is 100 Å². The molecule has 0 spiro atoms. The van der Waals surface area contributed by atoms with Crippen molar-refractivity contribution < 1.29 is 9.53 Å². The first-order chi connectivity index (χ1) is 12.5. The van der Waals surface area contributed by atoms with Gasteiger partial charge in [-0.25, -0.2) is 4.79 Å². The van der Waals surface area contributed by atoms with Gasteiger partial charge < -0.3 is 15.0 Å². The number of hydrogen-bond donors (Lipinski definition) is 1. The van der Waals surface area contributed by atoms with Crippen LogP contribution < -0.4 is 11.3 Å². The summed E-state index contributed by atoms with van der Waals surface area (Å²) in [4.78, 5) is 33.5. The minimum Gasteiger partial charge on any atom is -0.462 e. The van der Waals surface area contributed by atoms with Gasteiger partial charge in [-0.15, -0.1) is 0 Å². The fourth-order valence-corrected chi connectivity index (χ4v) is 2.78. The van der Waals surface area contributed by atoms with E-state index in [2.05, 4.69) is 9.97 Å². The van der Waals surface area contributed by atoms with Gasteiger partial charge in [0.25, 0.3) is 5.56 Å². The van der Waals surface area contributed by atoms with Crippen LogP contribution in [0.25, 0.3) is 10.9 Å². The van der Waals surface area contributed by atoms with E-state index in [-0.39, 0.29) is 12.2 Å². The number of anilines is 1. The summed E-state index contributed by atoms with van der Waals surface area (Å²) in [6.07, 6.45) is 3.90. The molecule has 3 rings (SSSR count). The number of pyridine rings is 3. The van der Waals surface area contributed by atoms with Gasteiger partial charge in [-0.2, -0.15) is 0 Å². The molecule has 0 atom stereocenters. The smallest absolute Gasteiger partial charge is 0.339 e. The third-order valence-electron chi connectivity index (χ3n) is 4.16. The predicted octanol–water partition coefficient (Wildman–Crippen LogP) is 2.10. The Hall–Kier alpha value is -3.22. The van der Waals surface area contributed by atoms with Gasteiger partial charge in [0, 0.05) is 25.4 Å². The molecule has 0 fully saturated rings. The van der Waals surface area contributed by atoms with Crippen LogP contribution in [0.4, 0.5) is 5.69 Å². The van der Waals surface area contributed by atoms with Crippen LogP contribution in [0.5, 0.6) is 0 Å². The number of ether oxygens (including phenoxy) is 1. The van der Waals surface area contributed by atoms with Crippen molar-refractivity contribution in [3.05, 3.63) is 64.0 Å². The van der Waals surface area contributed by atoms with Gasteiger partial charge in [-0.05, 0) is 38.1 Å². The molecule has 0 bridgehead atoms. The summed E-state index contributed by atoms with van der Waals surface area (Å²) >= 11 is 0. The SMILES string of the molecule is CCOC(=O)c1cc2c(=O)n(CCc3ncccc3N)ccc2nc1C. The predicted molar refractivity (Wildman–Crippen MR) is 99.0 cm³/mol. The van der Waals surface area contributed by atoms with E-state index in [9.17, 15) is 9.59 Å². The monoisotopic (exact) mass is 352 g/mol. The molecule has 7 heteroatoms. The summed E-state index contributed by atoms with van der Waals surface area (Å²) in [5.41, 5.74) is 8.43. The number of carbonyl (C=O) groups excluding carboxylic acids is 1. The van der Waals surface area contributed by atoms with Gasteiger partial charge in [0.1, 0.15) is 0 Å². The molecule has 0 unspecified atom stereocenters. The number of nitrogen functional groups attached to an aromatic ring is 1. The fourth-order valence-electron chi connectivity index (χ4n) is 2.78. The summed E-state index contributed by atoms with van der Waals surface area (Å²) < 4.78 is 6.61. The van der Waals surface area contributed by atoms with Crippen LogP contribution in [0.1, 0.15) is 28.7 Å². The number of carbonyl (C=O) groups is 1. The Morgan fingerprint density at radius 3 is 2.88 bits per heavy atom. The van der Waals surface area contributed by atoms with E-state index in [0.717, 1.165) is 5.69 Å². The average molecular weight is 352 g/mol. The third kappa shape index (κ3) is 3.42. The molecule has 3 heterocycles. The van der Waals surface area contributed by atoms with Crippen LogP contribution in [0.2, 0.25) is 0 Å². The molecule has 0 amide bonds. The van der Waals surface area contributed by atoms with Crippen molar-refractivity contribution >= 4 is 22.6 Å². The summed E-state index contributed by atoms with van der Waals surface area (Å²) in [6.45, 7) is 4.15. The number of nitrogens with zero attached hydrogens (tertiary/aromatic N) is 3. The quantitative estimate of drug-likeness (QED) is 0.706. The molecular formula is C19H20N4O3. The Morgan fingerprint density at radius 1 is 1.35 bits per heavy atom. The highest BCUT2D eigenvalue weighted by molar-refractivity contribution is 5.94. The number of nitrogens with two attached hydrogens (primary N) is 1. The molecule has 0 saturated carbocycles. The highest BCUT2D eigenvalue weighted by atomic mass is 16.5. The van der Waals surface area contributed by atoms with Gasteiger partial charge in [-0.1, -0.05) is 0 Å². The minimum absolute atomic E-state index is 0.213. The highest BCUT2D eigenvalue weighted by Crippen LogP contribution is 2.15. The first-order valence-electron chi connectivity index (χ1n) is 8.38. The van der Waals surface area contributed by atoms with Gasteiger partial charge in [0.15, 0.2) is 0 Å². The van der Waals surface area contributed by atoms with Gasteiger partial charge >= 0.3 is 5.97 Å². The molecule has 3 aromatic heterocycles. The van der Waals surface area contributed by atoms with E-state index in [1.54, 1.807) is 55.1 Å². The zero-order valence-corrected chi connectivity index (χ0v) is 14.7. The lowest BCUT2D eigenvalue weighted by Crippen LogP contribution is -2.22. The maximum Gasteiger partial charge on any atom is 0.339 e. The zero-order valence-electron chi connectivity index (χ0n) is 14.7. The van der Waals surface area contributed by atoms with Crippen LogP contribution in [0, 0.1) is 6.92 Å². The summed E-state index contributed by atoms with van der Waals surface area (Å²) in [5.74, 6) is -0.476. The molecule has 2 N–H and O–H groups in total. The Morgan fingerprint density at radius 2 is 2.15 bits per heavy atom. The Balaban J connectivity index is 1.96. The van der Waals surface area contributed by atoms with Gasteiger partial charge in [-0.3, -0.25) is 14.8 Å². The second-order valence-electron chi connectivity index (χ2n) is 5.88. The molecule has 134 valence electrons. The molecule has 0 aromatic carbocycles. The summed E-state index contributed by atoms with van der Waals surface area (Å²) in [5, 5.41) is 0.384. The van der Waals surface area contributed by atoms with E-state index in [0.29, 0.717) is 40.8 Å². The van der Waals surface area contributed by atoms with Crippen molar-refractivity contribution in [2.45, 2.75) is 26.8 Å². The van der Waals surface area contributed by atoms with Crippen LogP contribution in [0.3, 0.4) is 0 Å². The lowest BCUT2D eigenvalue weighted by molar-refractivity contribution is 0.0525. The highest BCUT2D eigenvalue weighted by Gasteiger charge is 2.15. The van der Waals surface area contributed by atoms with E-state index >= 15 is 0 Å². The molecule has 0 radical (unpaired) electrons. The van der Waals surface area contributed by atoms with Gasteiger partial charge in [0.2, 0.25) is 0 Å². The third-order valence-corrected chi connectivity index (χ3v) is 4.16. The van der Waals surface area contributed by atoms with Crippen molar-refractivity contribution in [2.24, 2.45) is 0 Å². The first-order valence-corrected chi connectivity index (χ1v) is 8.38. The standard InChI is InChI=1S/C19H20N4O3/c1-3-26-19(25)13-11-14-16(22-12(13)2)6-9-23(18(14)24)10-7-17-15(20)5-4-8-21-17/h4-6,8-9,11H,3,7,10,20H2,1-2H3. The molecule has 0 aliphatic heterocycles. The van der Waals surface area contributed by atoms with E-state index in [1.165, 1.54) is 0 Å². The first kappa shape index (κ1) is 17.6. The number of esters is 1. The Labute approximate surface area is 150 Å². The van der Waals surface area contributed by atoms with E-state index < -0.39 is 5.97 Å². The van der Waals surface area contributed by atoms with Crippen molar-refractivity contribution in [3.63, 3.8) is 0 Å². The van der Waals surface area contributed by atoms with E-state index in [1.807, 2.05) is 0 Å². The zero-order chi connectivity index (χ0) is 18.7. The lowest BCUT2D eigenvalue weighted by Gasteiger charge is -2.10. The van der Waals surface area contributed by atoms with Crippen molar-refractivity contribution in [1.29, 1.82) is 0 Å². The Kier molecular flexibility index (Phi) is 4.97. The van der Waals surface area contributed by atoms with Crippen LogP contribution in [-0.2, 0) is 17.7 Å². The van der Waals surface area contributed by atoms with Crippen molar-refractivity contribution in [2.75, 3.05) is 12.3 Å². The number of hydrogen-bond acceptors (Lipinski definition) is 6. The molecule has 0 aliphatic rings. The Bertz CT molecular complexity index is 1030. The lowest BCUT2D eigenvalue weighted by atomic mass is 10.1. The van der Waals surface area contributed by atoms with Crippen molar-refractivity contribution in [1.82, 2.24) is 14.5 Å². The minimum atomic E-state index is -0.476. The van der Waals surface area contributed by atoms with Crippen LogP contribution in [-0.4, -0.2) is 27.1 Å². The second kappa shape index (κ2) is 7.35. The molecule has 0 saturated heterocycles. The summed E-state index contributed by atoms with van der Waals surface area (Å²) in [6, 6.07) is 6.87. The second-order valence-corrected chi connectivity index (χ2v) is 5.88. The van der Waals surface area contributed by atoms with E-state index in [4.69, 9.17) is 10.5 Å². The van der Waals surface area contributed by atoms with Crippen molar-refractivity contribution in [3.8, 4) is 0 Å². The number of aromatic nitrogens is 3. The van der Waals surface area contributed by atoms with Gasteiger partial charge in [0.05, 0.1) is 40.1 Å². The molecule has 7 nitrogen and oxygen atoms in total. The molecule has 26 heavy (non-hydrogen) atoms. The maximum absolute atomic E-state index is 12.8. The number of fused-ring (bicyclic) bond motifs is 1. The summed E-state index contributed by atoms with van der Waals surface area (Å²) in [7, 11) is 0. The van der Waals surface area contributed by atoms with Crippen LogP contribution in [0.15, 0.2) is 41.5 Å². The maximum atomic E-state index is 12.8. The fraction of sp³-hybridized carbons (Fsp3) is 0.263. The normalized spacial score (nSPS) is 10.8. The molecular weight excluding hydrogens is 332 g/mol. The number of rotatable bonds is 5.